The highest BCUT2D eigenvalue weighted by atomic mass is 35.5. The van der Waals surface area contributed by atoms with Crippen molar-refractivity contribution >= 4 is 41.7 Å². The van der Waals surface area contributed by atoms with Crippen molar-refractivity contribution in [1.82, 2.24) is 15.3 Å². The minimum absolute atomic E-state index is 0. The fourth-order valence-electron chi connectivity index (χ4n) is 2.37. The van der Waals surface area contributed by atoms with Crippen molar-refractivity contribution in [3.63, 3.8) is 0 Å². The molecule has 1 atom stereocenters. The van der Waals surface area contributed by atoms with Gasteiger partial charge in [-0.05, 0) is 25.0 Å². The van der Waals surface area contributed by atoms with Crippen LogP contribution in [0.1, 0.15) is 25.6 Å². The fraction of sp³-hybridized carbons (Fsp3) is 0.429. The Morgan fingerprint density at radius 3 is 2.80 bits per heavy atom. The zero-order valence-corrected chi connectivity index (χ0v) is 13.1. The summed E-state index contributed by atoms with van der Waals surface area (Å²) in [5, 5.41) is 3.49. The lowest BCUT2D eigenvalue weighted by Gasteiger charge is -2.23. The van der Waals surface area contributed by atoms with Gasteiger partial charge in [0.25, 0.3) is 0 Å². The number of rotatable bonds is 3. The van der Waals surface area contributed by atoms with Gasteiger partial charge in [-0.1, -0.05) is 19.1 Å². The molecule has 0 saturated heterocycles. The number of aromatic nitrogens is 2. The average molecular weight is 315 g/mol. The third-order valence-electron chi connectivity index (χ3n) is 3.42. The monoisotopic (exact) mass is 314 g/mol. The van der Waals surface area contributed by atoms with Crippen LogP contribution in [0.4, 0.5) is 0 Å². The van der Waals surface area contributed by atoms with Crippen molar-refractivity contribution in [2.24, 2.45) is 4.99 Å². The lowest BCUT2D eigenvalue weighted by Crippen LogP contribution is -2.39. The highest BCUT2D eigenvalue weighted by Crippen LogP contribution is 2.12. The van der Waals surface area contributed by atoms with E-state index in [4.69, 9.17) is 0 Å². The van der Waals surface area contributed by atoms with Gasteiger partial charge < -0.3 is 10.3 Å². The largest absolute Gasteiger partial charge is 0.371 e. The maximum Gasteiger partial charge on any atom is 0.114 e. The van der Waals surface area contributed by atoms with E-state index >= 15 is 0 Å². The number of imidazole rings is 1. The number of para-hydroxylation sites is 2. The van der Waals surface area contributed by atoms with E-state index in [0.29, 0.717) is 6.04 Å². The summed E-state index contributed by atoms with van der Waals surface area (Å²) in [5.74, 6) is 2.05. The molecule has 0 spiro atoms. The highest BCUT2D eigenvalue weighted by Gasteiger charge is 2.14. The van der Waals surface area contributed by atoms with Crippen LogP contribution < -0.4 is 5.32 Å². The van der Waals surface area contributed by atoms with Crippen LogP contribution >= 0.6 is 24.8 Å². The summed E-state index contributed by atoms with van der Waals surface area (Å²) in [6, 6.07) is 8.68. The van der Waals surface area contributed by atoms with Gasteiger partial charge in [-0.3, -0.25) is 4.99 Å². The Kier molecular flexibility index (Phi) is 6.30. The van der Waals surface area contributed by atoms with Crippen LogP contribution in [0.15, 0.2) is 29.3 Å². The molecule has 1 aliphatic rings. The van der Waals surface area contributed by atoms with E-state index in [1.54, 1.807) is 0 Å². The quantitative estimate of drug-likeness (QED) is 0.914. The van der Waals surface area contributed by atoms with Crippen LogP contribution in [0.25, 0.3) is 11.0 Å². The van der Waals surface area contributed by atoms with Gasteiger partial charge in [0.15, 0.2) is 0 Å². The first kappa shape index (κ1) is 16.8. The van der Waals surface area contributed by atoms with E-state index < -0.39 is 0 Å². The molecular formula is C14H20Cl2N4. The molecule has 0 bridgehead atoms. The summed E-state index contributed by atoms with van der Waals surface area (Å²) >= 11 is 0. The number of halogens is 2. The van der Waals surface area contributed by atoms with E-state index in [2.05, 4.69) is 33.3 Å². The Balaban J connectivity index is 0.000001000. The van der Waals surface area contributed by atoms with Gasteiger partial charge in [-0.25, -0.2) is 4.98 Å². The van der Waals surface area contributed by atoms with E-state index in [9.17, 15) is 0 Å². The molecule has 1 aromatic heterocycles. The van der Waals surface area contributed by atoms with Crippen molar-refractivity contribution in [2.45, 2.75) is 32.2 Å². The van der Waals surface area contributed by atoms with E-state index in [1.807, 2.05) is 18.2 Å². The summed E-state index contributed by atoms with van der Waals surface area (Å²) in [6.07, 6.45) is 3.06. The molecule has 0 aliphatic carbocycles. The molecule has 110 valence electrons. The second-order valence-corrected chi connectivity index (χ2v) is 4.74. The molecule has 0 fully saturated rings. The Hall–Kier alpha value is -1.26. The molecule has 2 heterocycles. The van der Waals surface area contributed by atoms with Crippen LogP contribution in [0, 0.1) is 0 Å². The summed E-state index contributed by atoms with van der Waals surface area (Å²) in [6.45, 7) is 3.14. The Morgan fingerprint density at radius 2 is 2.05 bits per heavy atom. The molecule has 1 unspecified atom stereocenters. The second-order valence-electron chi connectivity index (χ2n) is 4.74. The standard InChI is InChI=1S/C14H18N4.2ClH/c1-2-10-7-8-15-13(16-10)9-14-17-11-5-3-4-6-12(11)18-14;;/h3-6,10H,2,7-9H2,1H3,(H,15,16)(H,17,18);2*1H. The van der Waals surface area contributed by atoms with Gasteiger partial charge in [0.05, 0.1) is 17.5 Å². The molecule has 6 heteroatoms. The number of hydrogen-bond donors (Lipinski definition) is 2. The number of benzene rings is 1. The molecular weight excluding hydrogens is 295 g/mol. The summed E-state index contributed by atoms with van der Waals surface area (Å²) in [4.78, 5) is 12.5. The molecule has 20 heavy (non-hydrogen) atoms. The molecule has 2 N–H and O–H groups in total. The Morgan fingerprint density at radius 1 is 1.25 bits per heavy atom. The van der Waals surface area contributed by atoms with Crippen molar-refractivity contribution in [1.29, 1.82) is 0 Å². The molecule has 1 aromatic carbocycles. The number of nitrogens with zero attached hydrogens (tertiary/aromatic N) is 2. The lowest BCUT2D eigenvalue weighted by atomic mass is 10.1. The predicted octanol–water partition coefficient (Wildman–Crippen LogP) is 3.12. The molecule has 2 aromatic rings. The highest BCUT2D eigenvalue weighted by molar-refractivity contribution is 5.86. The normalized spacial score (nSPS) is 17.6. The predicted molar refractivity (Wildman–Crippen MR) is 88.4 cm³/mol. The van der Waals surface area contributed by atoms with Crippen molar-refractivity contribution in [3.8, 4) is 0 Å². The summed E-state index contributed by atoms with van der Waals surface area (Å²) < 4.78 is 0. The SMILES string of the molecule is CCC1CCN=C(Cc2nc3ccccc3[nH]2)N1.Cl.Cl. The molecule has 0 saturated carbocycles. The second kappa shape index (κ2) is 7.50. The third kappa shape index (κ3) is 3.64. The first-order valence-electron chi connectivity index (χ1n) is 6.58. The molecule has 4 nitrogen and oxygen atoms in total. The van der Waals surface area contributed by atoms with Crippen LogP contribution in [0.5, 0.6) is 0 Å². The Bertz CT molecular complexity index is 546. The van der Waals surface area contributed by atoms with Gasteiger partial charge in [0.2, 0.25) is 0 Å². The van der Waals surface area contributed by atoms with Gasteiger partial charge in [0.1, 0.15) is 11.7 Å². The van der Waals surface area contributed by atoms with E-state index in [-0.39, 0.29) is 24.8 Å². The summed E-state index contributed by atoms with van der Waals surface area (Å²) in [5.41, 5.74) is 2.12. The smallest absolute Gasteiger partial charge is 0.114 e. The van der Waals surface area contributed by atoms with Gasteiger partial charge in [0, 0.05) is 12.6 Å². The van der Waals surface area contributed by atoms with Crippen molar-refractivity contribution < 1.29 is 0 Å². The van der Waals surface area contributed by atoms with E-state index in [0.717, 1.165) is 48.5 Å². The van der Waals surface area contributed by atoms with Crippen LogP contribution in [-0.4, -0.2) is 28.4 Å². The number of aliphatic imine (C=N–C) groups is 1. The maximum atomic E-state index is 4.58. The maximum absolute atomic E-state index is 4.58. The minimum Gasteiger partial charge on any atom is -0.371 e. The van der Waals surface area contributed by atoms with Crippen molar-refractivity contribution in [2.75, 3.05) is 6.54 Å². The number of hydrogen-bond acceptors (Lipinski definition) is 3. The topological polar surface area (TPSA) is 53.1 Å². The molecule has 0 amide bonds. The van der Waals surface area contributed by atoms with Crippen LogP contribution in [0.2, 0.25) is 0 Å². The van der Waals surface area contributed by atoms with Gasteiger partial charge in [-0.2, -0.15) is 0 Å². The van der Waals surface area contributed by atoms with E-state index in [1.165, 1.54) is 0 Å². The van der Waals surface area contributed by atoms with Gasteiger partial charge in [-0.15, -0.1) is 24.8 Å². The Labute approximate surface area is 131 Å². The number of nitrogens with one attached hydrogen (secondary N) is 2. The molecule has 0 radical (unpaired) electrons. The zero-order chi connectivity index (χ0) is 12.4. The first-order valence-corrected chi connectivity index (χ1v) is 6.58. The number of fused-ring (bicyclic) bond motifs is 1. The fourth-order valence-corrected chi connectivity index (χ4v) is 2.37. The molecule has 1 aliphatic heterocycles. The number of amidine groups is 1. The number of aromatic amines is 1. The van der Waals surface area contributed by atoms with Crippen LogP contribution in [0.3, 0.4) is 0 Å². The lowest BCUT2D eigenvalue weighted by molar-refractivity contribution is 0.525. The van der Waals surface area contributed by atoms with Crippen molar-refractivity contribution in [3.05, 3.63) is 30.1 Å². The van der Waals surface area contributed by atoms with Crippen LogP contribution in [-0.2, 0) is 6.42 Å². The number of H-pyrrole nitrogens is 1. The zero-order valence-electron chi connectivity index (χ0n) is 11.4. The average Bonchev–Trinajstić information content (AvgIpc) is 2.81. The summed E-state index contributed by atoms with van der Waals surface area (Å²) in [7, 11) is 0. The third-order valence-corrected chi connectivity index (χ3v) is 3.42. The first-order chi connectivity index (χ1) is 8.85. The minimum atomic E-state index is 0. The van der Waals surface area contributed by atoms with Gasteiger partial charge >= 0.3 is 0 Å². The molecule has 3 rings (SSSR count).